The van der Waals surface area contributed by atoms with Gasteiger partial charge in [-0.05, 0) is 38.0 Å². The summed E-state index contributed by atoms with van der Waals surface area (Å²) in [4.78, 5) is 8.52. The number of fused-ring (bicyclic) bond motifs is 1. The van der Waals surface area contributed by atoms with Crippen molar-refractivity contribution in [2.45, 2.75) is 43.6 Å². The van der Waals surface area contributed by atoms with Crippen molar-refractivity contribution < 1.29 is 14.6 Å². The zero-order chi connectivity index (χ0) is 17.6. The smallest absolute Gasteiger partial charge is 0.423 e. The van der Waals surface area contributed by atoms with Crippen LogP contribution in [0, 0.1) is 5.92 Å². The summed E-state index contributed by atoms with van der Waals surface area (Å²) in [6, 6.07) is 0. The van der Waals surface area contributed by atoms with Crippen LogP contribution in [0.15, 0.2) is 10.9 Å². The molecule has 4 aliphatic rings. The molecule has 0 atom stereocenters. The molecule has 0 amide bonds. The van der Waals surface area contributed by atoms with Crippen LogP contribution in [0.2, 0.25) is 0 Å². The van der Waals surface area contributed by atoms with E-state index in [-0.39, 0.29) is 16.9 Å². The molecule has 7 rings (SSSR count). The van der Waals surface area contributed by atoms with Crippen molar-refractivity contribution >= 4 is 29.4 Å². The van der Waals surface area contributed by atoms with Gasteiger partial charge in [-0.15, -0.1) is 0 Å². The molecule has 132 valence electrons. The number of hydrogen-bond donors (Lipinski definition) is 3. The molecule has 4 fully saturated rings. The van der Waals surface area contributed by atoms with Crippen molar-refractivity contribution in [1.29, 1.82) is 0 Å². The maximum Gasteiger partial charge on any atom is 0.494 e. The van der Waals surface area contributed by atoms with E-state index >= 15 is 0 Å². The van der Waals surface area contributed by atoms with E-state index in [2.05, 4.69) is 15.1 Å². The fourth-order valence-corrected chi connectivity index (χ4v) is 4.53. The Hall–Kier alpha value is -2.46. The Morgan fingerprint density at radius 3 is 2.58 bits per heavy atom. The number of rotatable bonds is 4. The lowest BCUT2D eigenvalue weighted by atomic mass is 9.50. The van der Waals surface area contributed by atoms with Crippen LogP contribution < -0.4 is 11.2 Å². The van der Waals surface area contributed by atoms with Gasteiger partial charge in [0, 0.05) is 5.92 Å². The molecule has 3 aromatic heterocycles. The molecule has 2 bridgehead atoms. The highest BCUT2D eigenvalue weighted by atomic mass is 16.5. The van der Waals surface area contributed by atoms with Crippen molar-refractivity contribution in [3.8, 4) is 11.4 Å². The van der Waals surface area contributed by atoms with E-state index in [1.54, 1.807) is 0 Å². The van der Waals surface area contributed by atoms with Gasteiger partial charge in [0.1, 0.15) is 29.3 Å². The standard InChI is InChI=1S/C16H17BN6O3/c18-14-9-11(12-10(17(24)25)13(26-22-12)8-1-2-8)21-23(15(9)20-6-19-14)16-3-7(4-16)5-16/h6-8,24-25H,1-5H2,(H2,18,19,20). The monoisotopic (exact) mass is 352 g/mol. The van der Waals surface area contributed by atoms with E-state index in [9.17, 15) is 10.0 Å². The SMILES string of the molecule is Nc1ncnc2c1c(-c1noc(C3CC3)c1B(O)O)nn2C12CC(C1)C2. The minimum absolute atomic E-state index is 0.00299. The van der Waals surface area contributed by atoms with Crippen LogP contribution in [0.1, 0.15) is 43.8 Å². The minimum atomic E-state index is -1.69. The Balaban J connectivity index is 1.61. The van der Waals surface area contributed by atoms with Crippen molar-refractivity contribution in [3.63, 3.8) is 0 Å². The van der Waals surface area contributed by atoms with Crippen molar-refractivity contribution in [2.75, 3.05) is 5.73 Å². The number of nitrogens with two attached hydrogens (primary N) is 1. The van der Waals surface area contributed by atoms with Crippen molar-refractivity contribution in [1.82, 2.24) is 24.9 Å². The lowest BCUT2D eigenvalue weighted by Gasteiger charge is -2.61. The maximum atomic E-state index is 9.94. The first-order valence-electron chi connectivity index (χ1n) is 8.93. The number of hydrogen-bond acceptors (Lipinski definition) is 8. The second kappa shape index (κ2) is 4.63. The molecule has 0 aliphatic heterocycles. The lowest BCUT2D eigenvalue weighted by Crippen LogP contribution is -2.59. The van der Waals surface area contributed by atoms with Crippen LogP contribution >= 0.6 is 0 Å². The van der Waals surface area contributed by atoms with Crippen LogP contribution in [0.4, 0.5) is 5.82 Å². The third-order valence-electron chi connectivity index (χ3n) is 6.14. The van der Waals surface area contributed by atoms with Crippen molar-refractivity contribution in [2.24, 2.45) is 5.92 Å². The number of nitrogen functional groups attached to an aromatic ring is 1. The second-order valence-corrected chi connectivity index (χ2v) is 7.88. The predicted octanol–water partition coefficient (Wildman–Crippen LogP) is 0.130. The summed E-state index contributed by atoms with van der Waals surface area (Å²) in [7, 11) is -1.69. The molecule has 0 unspecified atom stereocenters. The van der Waals surface area contributed by atoms with Crippen LogP contribution in [-0.4, -0.2) is 42.1 Å². The van der Waals surface area contributed by atoms with Gasteiger partial charge in [0.2, 0.25) is 0 Å². The summed E-state index contributed by atoms with van der Waals surface area (Å²) >= 11 is 0. The minimum Gasteiger partial charge on any atom is -0.423 e. The number of nitrogens with zero attached hydrogens (tertiary/aromatic N) is 5. The van der Waals surface area contributed by atoms with Gasteiger partial charge in [-0.3, -0.25) is 0 Å². The second-order valence-electron chi connectivity index (χ2n) is 7.88. The van der Waals surface area contributed by atoms with Gasteiger partial charge in [-0.25, -0.2) is 14.6 Å². The molecular weight excluding hydrogens is 335 g/mol. The van der Waals surface area contributed by atoms with Gasteiger partial charge < -0.3 is 20.3 Å². The summed E-state index contributed by atoms with van der Waals surface area (Å²) in [5.74, 6) is 1.80. The van der Waals surface area contributed by atoms with Gasteiger partial charge in [0.05, 0.1) is 16.4 Å². The highest BCUT2D eigenvalue weighted by molar-refractivity contribution is 6.61. The van der Waals surface area contributed by atoms with Crippen LogP contribution in [0.25, 0.3) is 22.4 Å². The third-order valence-corrected chi connectivity index (χ3v) is 6.14. The molecule has 3 aromatic rings. The van der Waals surface area contributed by atoms with Gasteiger partial charge in [-0.2, -0.15) is 5.10 Å². The summed E-state index contributed by atoms with van der Waals surface area (Å²) in [6.45, 7) is 0. The Labute approximate surface area is 148 Å². The van der Waals surface area contributed by atoms with Gasteiger partial charge in [0.15, 0.2) is 5.65 Å². The molecule has 3 heterocycles. The Morgan fingerprint density at radius 1 is 1.19 bits per heavy atom. The summed E-state index contributed by atoms with van der Waals surface area (Å²) < 4.78 is 7.41. The fraction of sp³-hybridized carbons (Fsp3) is 0.500. The first-order valence-corrected chi connectivity index (χ1v) is 8.93. The zero-order valence-electron chi connectivity index (χ0n) is 14.0. The Kier molecular flexibility index (Phi) is 2.62. The summed E-state index contributed by atoms with van der Waals surface area (Å²) in [6.07, 6.45) is 6.63. The fourth-order valence-electron chi connectivity index (χ4n) is 4.53. The zero-order valence-corrected chi connectivity index (χ0v) is 14.0. The molecule has 0 aromatic carbocycles. The number of aromatic nitrogens is 5. The summed E-state index contributed by atoms with van der Waals surface area (Å²) in [5, 5.41) is 29.4. The molecule has 0 saturated heterocycles. The van der Waals surface area contributed by atoms with E-state index in [1.165, 1.54) is 6.33 Å². The lowest BCUT2D eigenvalue weighted by molar-refractivity contribution is -0.0946. The van der Waals surface area contributed by atoms with Crippen molar-refractivity contribution in [3.05, 3.63) is 12.1 Å². The summed E-state index contributed by atoms with van der Waals surface area (Å²) in [5.41, 5.74) is 7.87. The Morgan fingerprint density at radius 2 is 1.96 bits per heavy atom. The third kappa shape index (κ3) is 1.73. The normalized spacial score (nSPS) is 26.6. The van der Waals surface area contributed by atoms with E-state index in [1.807, 2.05) is 4.68 Å². The average Bonchev–Trinajstić information content (AvgIpc) is 3.15. The topological polar surface area (TPSA) is 136 Å². The van der Waals surface area contributed by atoms with E-state index in [4.69, 9.17) is 15.4 Å². The quantitative estimate of drug-likeness (QED) is 0.564. The van der Waals surface area contributed by atoms with E-state index in [0.29, 0.717) is 34.0 Å². The van der Waals surface area contributed by atoms with Gasteiger partial charge in [-0.1, -0.05) is 5.16 Å². The van der Waals surface area contributed by atoms with E-state index < -0.39 is 7.12 Å². The Bertz CT molecular complexity index is 1040. The highest BCUT2D eigenvalue weighted by Crippen LogP contribution is 2.62. The highest BCUT2D eigenvalue weighted by Gasteiger charge is 2.59. The first kappa shape index (κ1) is 14.7. The maximum absolute atomic E-state index is 9.94. The molecule has 4 aliphatic carbocycles. The largest absolute Gasteiger partial charge is 0.494 e. The first-order chi connectivity index (χ1) is 12.6. The molecule has 0 radical (unpaired) electrons. The van der Waals surface area contributed by atoms with E-state index in [0.717, 1.165) is 38.0 Å². The molecule has 9 nitrogen and oxygen atoms in total. The molecule has 4 N–H and O–H groups in total. The van der Waals surface area contributed by atoms with Crippen LogP contribution in [0.5, 0.6) is 0 Å². The molecule has 10 heteroatoms. The molecule has 0 spiro atoms. The van der Waals surface area contributed by atoms with Crippen LogP contribution in [0.3, 0.4) is 0 Å². The molecular formula is C16H17BN6O3. The van der Waals surface area contributed by atoms with Gasteiger partial charge in [0.25, 0.3) is 0 Å². The van der Waals surface area contributed by atoms with Crippen LogP contribution in [-0.2, 0) is 5.54 Å². The average molecular weight is 352 g/mol. The number of anilines is 1. The predicted molar refractivity (Wildman–Crippen MR) is 92.3 cm³/mol. The molecule has 26 heavy (non-hydrogen) atoms. The van der Waals surface area contributed by atoms with Gasteiger partial charge >= 0.3 is 7.12 Å². The molecule has 4 saturated carbocycles.